The third-order valence-corrected chi connectivity index (χ3v) is 2.51. The van der Waals surface area contributed by atoms with E-state index in [0.29, 0.717) is 6.54 Å². The summed E-state index contributed by atoms with van der Waals surface area (Å²) in [5, 5.41) is 19.4. The van der Waals surface area contributed by atoms with Crippen LogP contribution in [0.2, 0.25) is 0 Å². The number of carbonyl (C=O) groups is 1. The molecule has 1 rings (SSSR count). The van der Waals surface area contributed by atoms with E-state index in [0.717, 1.165) is 0 Å². The Kier molecular flexibility index (Phi) is 4.61. The molecule has 1 amide bonds. The van der Waals surface area contributed by atoms with Crippen molar-refractivity contribution in [2.75, 3.05) is 25.4 Å². The SMILES string of the molecule is CCN(CCO)C(=O)c1ccc([N+](=O)[O-])c(N)c1. The predicted molar refractivity (Wildman–Crippen MR) is 66.2 cm³/mol. The number of anilines is 1. The lowest BCUT2D eigenvalue weighted by molar-refractivity contribution is -0.383. The van der Waals surface area contributed by atoms with Crippen molar-refractivity contribution in [3.05, 3.63) is 33.9 Å². The molecule has 0 aliphatic carbocycles. The lowest BCUT2D eigenvalue weighted by Gasteiger charge is -2.19. The monoisotopic (exact) mass is 253 g/mol. The maximum Gasteiger partial charge on any atom is 0.292 e. The summed E-state index contributed by atoms with van der Waals surface area (Å²) in [6.45, 7) is 2.30. The Morgan fingerprint density at radius 1 is 1.56 bits per heavy atom. The minimum atomic E-state index is -0.602. The van der Waals surface area contributed by atoms with Crippen molar-refractivity contribution >= 4 is 17.3 Å². The molecular formula is C11H15N3O4. The van der Waals surface area contributed by atoms with Crippen molar-refractivity contribution in [3.63, 3.8) is 0 Å². The van der Waals surface area contributed by atoms with E-state index in [2.05, 4.69) is 0 Å². The van der Waals surface area contributed by atoms with Crippen LogP contribution in [-0.4, -0.2) is 40.5 Å². The summed E-state index contributed by atoms with van der Waals surface area (Å²) in [4.78, 5) is 23.4. The van der Waals surface area contributed by atoms with E-state index < -0.39 is 4.92 Å². The molecular weight excluding hydrogens is 238 g/mol. The Morgan fingerprint density at radius 3 is 2.67 bits per heavy atom. The van der Waals surface area contributed by atoms with Gasteiger partial charge in [0.2, 0.25) is 0 Å². The van der Waals surface area contributed by atoms with Crippen LogP contribution in [0.5, 0.6) is 0 Å². The van der Waals surface area contributed by atoms with E-state index in [9.17, 15) is 14.9 Å². The van der Waals surface area contributed by atoms with Gasteiger partial charge in [-0.25, -0.2) is 0 Å². The highest BCUT2D eigenvalue weighted by Crippen LogP contribution is 2.22. The lowest BCUT2D eigenvalue weighted by atomic mass is 10.1. The number of carbonyl (C=O) groups excluding carboxylic acids is 1. The van der Waals surface area contributed by atoms with Crippen LogP contribution in [0.1, 0.15) is 17.3 Å². The number of aliphatic hydroxyl groups excluding tert-OH is 1. The number of nitro groups is 1. The molecule has 0 fully saturated rings. The molecule has 0 saturated heterocycles. The first-order chi connectivity index (χ1) is 8.51. The van der Waals surface area contributed by atoms with Gasteiger partial charge in [0.1, 0.15) is 5.69 Å². The molecule has 0 heterocycles. The van der Waals surface area contributed by atoms with Crippen LogP contribution < -0.4 is 5.73 Å². The first-order valence-electron chi connectivity index (χ1n) is 5.45. The summed E-state index contributed by atoms with van der Waals surface area (Å²) >= 11 is 0. The van der Waals surface area contributed by atoms with Crippen molar-refractivity contribution in [3.8, 4) is 0 Å². The van der Waals surface area contributed by atoms with Gasteiger partial charge in [0.25, 0.3) is 11.6 Å². The number of likely N-dealkylation sites (N-methyl/N-ethyl adjacent to an activating group) is 1. The molecule has 0 unspecified atom stereocenters. The highest BCUT2D eigenvalue weighted by Gasteiger charge is 2.17. The second-order valence-corrected chi connectivity index (χ2v) is 3.64. The fraction of sp³-hybridized carbons (Fsp3) is 0.364. The number of amides is 1. The number of nitrogens with zero attached hydrogens (tertiary/aromatic N) is 2. The van der Waals surface area contributed by atoms with Crippen LogP contribution in [-0.2, 0) is 0 Å². The number of nitro benzene ring substituents is 1. The van der Waals surface area contributed by atoms with Gasteiger partial charge in [-0.3, -0.25) is 14.9 Å². The quantitative estimate of drug-likeness (QED) is 0.454. The normalized spacial score (nSPS) is 10.1. The molecule has 18 heavy (non-hydrogen) atoms. The van der Waals surface area contributed by atoms with E-state index >= 15 is 0 Å². The third-order valence-electron chi connectivity index (χ3n) is 2.51. The number of nitrogens with two attached hydrogens (primary N) is 1. The Morgan fingerprint density at radius 2 is 2.22 bits per heavy atom. The number of hydrogen-bond acceptors (Lipinski definition) is 5. The first kappa shape index (κ1) is 13.9. The molecule has 7 nitrogen and oxygen atoms in total. The molecule has 1 aromatic rings. The average Bonchev–Trinajstić information content (AvgIpc) is 2.34. The van der Waals surface area contributed by atoms with Crippen molar-refractivity contribution in [1.29, 1.82) is 0 Å². The largest absolute Gasteiger partial charge is 0.395 e. The van der Waals surface area contributed by atoms with E-state index in [-0.39, 0.29) is 36.0 Å². The van der Waals surface area contributed by atoms with Gasteiger partial charge in [0.15, 0.2) is 0 Å². The molecule has 0 aromatic heterocycles. The van der Waals surface area contributed by atoms with Crippen LogP contribution in [0, 0.1) is 10.1 Å². The zero-order chi connectivity index (χ0) is 13.7. The van der Waals surface area contributed by atoms with Crippen molar-refractivity contribution < 1.29 is 14.8 Å². The Hall–Kier alpha value is -2.15. The first-order valence-corrected chi connectivity index (χ1v) is 5.45. The summed E-state index contributed by atoms with van der Waals surface area (Å²) < 4.78 is 0. The zero-order valence-electron chi connectivity index (χ0n) is 10.00. The predicted octanol–water partition coefficient (Wildman–Crippen LogP) is 0.631. The average molecular weight is 253 g/mol. The number of nitrogen functional groups attached to an aromatic ring is 1. The Bertz CT molecular complexity index is 462. The molecule has 0 aliphatic rings. The number of benzene rings is 1. The maximum absolute atomic E-state index is 12.0. The summed E-state index contributed by atoms with van der Waals surface area (Å²) in [5.41, 5.74) is 5.51. The van der Waals surface area contributed by atoms with E-state index in [1.165, 1.54) is 23.1 Å². The topological polar surface area (TPSA) is 110 Å². The van der Waals surface area contributed by atoms with Gasteiger partial charge in [-0.05, 0) is 19.1 Å². The molecule has 0 bridgehead atoms. The molecule has 0 radical (unpaired) electrons. The van der Waals surface area contributed by atoms with Crippen LogP contribution in [0.3, 0.4) is 0 Å². The standard InChI is InChI=1S/C11H15N3O4/c1-2-13(5-6-15)11(16)8-3-4-10(14(17)18)9(12)7-8/h3-4,7,15H,2,5-6,12H2,1H3. The maximum atomic E-state index is 12.0. The Labute approximate surface area is 104 Å². The summed E-state index contributed by atoms with van der Waals surface area (Å²) in [6.07, 6.45) is 0. The summed E-state index contributed by atoms with van der Waals surface area (Å²) in [7, 11) is 0. The van der Waals surface area contributed by atoms with E-state index in [1.54, 1.807) is 6.92 Å². The molecule has 0 saturated carbocycles. The van der Waals surface area contributed by atoms with Crippen molar-refractivity contribution in [2.45, 2.75) is 6.92 Å². The van der Waals surface area contributed by atoms with Gasteiger partial charge in [-0.1, -0.05) is 0 Å². The summed E-state index contributed by atoms with van der Waals surface area (Å²) in [5.74, 6) is -0.312. The van der Waals surface area contributed by atoms with Gasteiger partial charge in [-0.2, -0.15) is 0 Å². The second kappa shape index (κ2) is 5.97. The van der Waals surface area contributed by atoms with Crippen LogP contribution >= 0.6 is 0 Å². The molecule has 0 atom stereocenters. The van der Waals surface area contributed by atoms with Crippen LogP contribution in [0.4, 0.5) is 11.4 Å². The molecule has 1 aromatic carbocycles. The fourth-order valence-electron chi connectivity index (χ4n) is 1.56. The van der Waals surface area contributed by atoms with E-state index in [1.807, 2.05) is 0 Å². The van der Waals surface area contributed by atoms with Crippen LogP contribution in [0.15, 0.2) is 18.2 Å². The van der Waals surface area contributed by atoms with Crippen LogP contribution in [0.25, 0.3) is 0 Å². The Balaban J connectivity index is 3.00. The van der Waals surface area contributed by atoms with Gasteiger partial charge in [0.05, 0.1) is 11.5 Å². The number of rotatable bonds is 5. The highest BCUT2D eigenvalue weighted by atomic mass is 16.6. The van der Waals surface area contributed by atoms with Crippen molar-refractivity contribution in [1.82, 2.24) is 4.90 Å². The lowest BCUT2D eigenvalue weighted by Crippen LogP contribution is -2.33. The van der Waals surface area contributed by atoms with Gasteiger partial charge in [-0.15, -0.1) is 0 Å². The van der Waals surface area contributed by atoms with Gasteiger partial charge >= 0.3 is 0 Å². The number of hydrogen-bond donors (Lipinski definition) is 2. The third kappa shape index (κ3) is 2.95. The number of aliphatic hydroxyl groups is 1. The summed E-state index contributed by atoms with van der Waals surface area (Å²) in [6, 6.07) is 3.84. The molecule has 0 aliphatic heterocycles. The molecule has 3 N–H and O–H groups in total. The van der Waals surface area contributed by atoms with Gasteiger partial charge in [0, 0.05) is 24.7 Å². The zero-order valence-corrected chi connectivity index (χ0v) is 10.00. The smallest absolute Gasteiger partial charge is 0.292 e. The van der Waals surface area contributed by atoms with Gasteiger partial charge < -0.3 is 15.7 Å². The van der Waals surface area contributed by atoms with E-state index in [4.69, 9.17) is 10.8 Å². The minimum absolute atomic E-state index is 0.0501. The molecule has 0 spiro atoms. The van der Waals surface area contributed by atoms with Crippen molar-refractivity contribution in [2.24, 2.45) is 0 Å². The second-order valence-electron chi connectivity index (χ2n) is 3.64. The fourth-order valence-corrected chi connectivity index (χ4v) is 1.56. The molecule has 98 valence electrons. The highest BCUT2D eigenvalue weighted by molar-refractivity contribution is 5.95. The minimum Gasteiger partial charge on any atom is -0.395 e. The molecule has 7 heteroatoms.